The Hall–Kier alpha value is -1.11. The smallest absolute Gasteiger partial charge is 0.119 e. The Morgan fingerprint density at radius 1 is 1.20 bits per heavy atom. The molecule has 0 spiro atoms. The normalized spacial score (nSPS) is 12.2. The third-order valence-electron chi connectivity index (χ3n) is 3.13. The number of hydrazine groups is 1. The van der Waals surface area contributed by atoms with Crippen LogP contribution in [-0.4, -0.2) is 6.61 Å². The summed E-state index contributed by atoms with van der Waals surface area (Å²) in [6, 6.07) is 16.7. The zero-order valence-electron chi connectivity index (χ0n) is 11.5. The Morgan fingerprint density at radius 3 is 2.60 bits per heavy atom. The van der Waals surface area contributed by atoms with Crippen molar-refractivity contribution in [2.24, 2.45) is 5.84 Å². The van der Waals surface area contributed by atoms with Crippen molar-refractivity contribution in [3.63, 3.8) is 0 Å². The fourth-order valence-electron chi connectivity index (χ4n) is 2.12. The average molecular weight is 382 g/mol. The second-order valence-electron chi connectivity index (χ2n) is 4.56. The maximum absolute atomic E-state index is 5.71. The molecule has 2 rings (SSSR count). The summed E-state index contributed by atoms with van der Waals surface area (Å²) in [4.78, 5) is 0. The van der Waals surface area contributed by atoms with Crippen molar-refractivity contribution >= 4 is 22.6 Å². The molecule has 3 nitrogen and oxygen atoms in total. The summed E-state index contributed by atoms with van der Waals surface area (Å²) in [7, 11) is 0. The molecule has 0 aliphatic rings. The third kappa shape index (κ3) is 4.19. The molecule has 20 heavy (non-hydrogen) atoms. The molecule has 0 aromatic heterocycles. The number of halogens is 1. The minimum atomic E-state index is 0.0791. The van der Waals surface area contributed by atoms with Crippen molar-refractivity contribution < 1.29 is 4.74 Å². The molecule has 0 heterocycles. The lowest BCUT2D eigenvalue weighted by Crippen LogP contribution is -2.29. The number of benzene rings is 2. The molecule has 0 bridgehead atoms. The van der Waals surface area contributed by atoms with Gasteiger partial charge in [0, 0.05) is 3.57 Å². The molecule has 0 saturated carbocycles. The third-order valence-corrected chi connectivity index (χ3v) is 3.84. The zero-order valence-corrected chi connectivity index (χ0v) is 13.6. The molecule has 3 N–H and O–H groups in total. The van der Waals surface area contributed by atoms with Crippen LogP contribution in [0, 0.1) is 3.57 Å². The first-order valence-corrected chi connectivity index (χ1v) is 7.74. The maximum atomic E-state index is 5.71. The minimum Gasteiger partial charge on any atom is -0.494 e. The van der Waals surface area contributed by atoms with Crippen molar-refractivity contribution in [2.75, 3.05) is 6.61 Å². The number of nitrogens with one attached hydrogen (secondary N) is 1. The Balaban J connectivity index is 2.15. The summed E-state index contributed by atoms with van der Waals surface area (Å²) < 4.78 is 6.78. The predicted molar refractivity (Wildman–Crippen MR) is 90.5 cm³/mol. The van der Waals surface area contributed by atoms with Crippen LogP contribution in [0.3, 0.4) is 0 Å². The molecule has 2 aromatic carbocycles. The molecule has 4 heteroatoms. The van der Waals surface area contributed by atoms with Crippen LogP contribution < -0.4 is 16.0 Å². The Labute approximate surface area is 133 Å². The van der Waals surface area contributed by atoms with Crippen molar-refractivity contribution in [3.8, 4) is 5.75 Å². The maximum Gasteiger partial charge on any atom is 0.119 e. The van der Waals surface area contributed by atoms with Gasteiger partial charge in [-0.25, -0.2) is 0 Å². The Kier molecular flexibility index (Phi) is 5.82. The molecular formula is C16H19IN2O. The van der Waals surface area contributed by atoms with Crippen LogP contribution in [0.2, 0.25) is 0 Å². The van der Waals surface area contributed by atoms with E-state index in [2.05, 4.69) is 58.3 Å². The van der Waals surface area contributed by atoms with Crippen LogP contribution in [0.1, 0.15) is 24.1 Å². The summed E-state index contributed by atoms with van der Waals surface area (Å²) in [5.74, 6) is 6.60. The lowest BCUT2D eigenvalue weighted by molar-refractivity contribution is 0.339. The van der Waals surface area contributed by atoms with Crippen LogP contribution in [-0.2, 0) is 6.42 Å². The molecular weight excluding hydrogens is 363 g/mol. The second-order valence-corrected chi connectivity index (χ2v) is 5.80. The van der Waals surface area contributed by atoms with E-state index in [1.807, 2.05) is 25.1 Å². The molecule has 1 atom stereocenters. The fourth-order valence-corrected chi connectivity index (χ4v) is 2.48. The highest BCUT2D eigenvalue weighted by Gasteiger charge is 2.11. The largest absolute Gasteiger partial charge is 0.494 e. The number of rotatable bonds is 6. The van der Waals surface area contributed by atoms with Gasteiger partial charge in [-0.15, -0.1) is 0 Å². The van der Waals surface area contributed by atoms with E-state index in [0.29, 0.717) is 6.61 Å². The van der Waals surface area contributed by atoms with E-state index in [4.69, 9.17) is 10.6 Å². The molecule has 1 unspecified atom stereocenters. The highest BCUT2D eigenvalue weighted by molar-refractivity contribution is 14.1. The van der Waals surface area contributed by atoms with Gasteiger partial charge in [-0.1, -0.05) is 24.3 Å². The van der Waals surface area contributed by atoms with Gasteiger partial charge in [0.2, 0.25) is 0 Å². The van der Waals surface area contributed by atoms with Crippen molar-refractivity contribution in [2.45, 2.75) is 19.4 Å². The summed E-state index contributed by atoms with van der Waals surface area (Å²) in [6.45, 7) is 2.65. The molecule has 0 fully saturated rings. The highest BCUT2D eigenvalue weighted by atomic mass is 127. The summed E-state index contributed by atoms with van der Waals surface area (Å²) >= 11 is 2.31. The van der Waals surface area contributed by atoms with Gasteiger partial charge in [0.1, 0.15) is 5.75 Å². The van der Waals surface area contributed by atoms with Crippen LogP contribution in [0.15, 0.2) is 48.5 Å². The lowest BCUT2D eigenvalue weighted by Gasteiger charge is -2.17. The van der Waals surface area contributed by atoms with E-state index in [0.717, 1.165) is 17.7 Å². The fraction of sp³-hybridized carbons (Fsp3) is 0.250. The molecule has 0 radical (unpaired) electrons. The molecule has 0 saturated heterocycles. The van der Waals surface area contributed by atoms with Crippen LogP contribution in [0.4, 0.5) is 0 Å². The molecule has 2 aromatic rings. The van der Waals surface area contributed by atoms with E-state index >= 15 is 0 Å². The van der Waals surface area contributed by atoms with E-state index in [-0.39, 0.29) is 6.04 Å². The van der Waals surface area contributed by atoms with Crippen molar-refractivity contribution in [1.29, 1.82) is 0 Å². The molecule has 0 amide bonds. The molecule has 0 aliphatic heterocycles. The van der Waals surface area contributed by atoms with E-state index < -0.39 is 0 Å². The second kappa shape index (κ2) is 7.61. The minimum absolute atomic E-state index is 0.0791. The summed E-state index contributed by atoms with van der Waals surface area (Å²) in [5.41, 5.74) is 5.29. The van der Waals surface area contributed by atoms with Gasteiger partial charge in [0.15, 0.2) is 0 Å². The molecule has 0 aliphatic carbocycles. The number of hydrogen-bond acceptors (Lipinski definition) is 3. The average Bonchev–Trinajstić information content (AvgIpc) is 2.47. The number of hydrogen-bond donors (Lipinski definition) is 2. The first-order chi connectivity index (χ1) is 9.72. The van der Waals surface area contributed by atoms with Gasteiger partial charge in [0.05, 0.1) is 12.6 Å². The van der Waals surface area contributed by atoms with Crippen LogP contribution >= 0.6 is 22.6 Å². The quantitative estimate of drug-likeness (QED) is 0.457. The topological polar surface area (TPSA) is 47.3 Å². The lowest BCUT2D eigenvalue weighted by atomic mass is 9.99. The van der Waals surface area contributed by atoms with Gasteiger partial charge >= 0.3 is 0 Å². The van der Waals surface area contributed by atoms with Gasteiger partial charge in [-0.3, -0.25) is 11.3 Å². The van der Waals surface area contributed by atoms with Gasteiger partial charge in [0.25, 0.3) is 0 Å². The number of ether oxygens (including phenoxy) is 1. The first-order valence-electron chi connectivity index (χ1n) is 6.66. The number of nitrogens with two attached hydrogens (primary N) is 1. The van der Waals surface area contributed by atoms with Gasteiger partial charge in [-0.2, -0.15) is 0 Å². The van der Waals surface area contributed by atoms with Crippen molar-refractivity contribution in [3.05, 3.63) is 63.2 Å². The summed E-state index contributed by atoms with van der Waals surface area (Å²) in [6.07, 6.45) is 0.850. The predicted octanol–water partition coefficient (Wildman–Crippen LogP) is 3.44. The first kappa shape index (κ1) is 15.3. The van der Waals surface area contributed by atoms with Crippen LogP contribution in [0.5, 0.6) is 5.75 Å². The Bertz CT molecular complexity index is 542. The van der Waals surface area contributed by atoms with E-state index in [1.54, 1.807) is 0 Å². The van der Waals surface area contributed by atoms with Gasteiger partial charge < -0.3 is 4.74 Å². The monoisotopic (exact) mass is 382 g/mol. The molecule has 106 valence electrons. The van der Waals surface area contributed by atoms with Gasteiger partial charge in [-0.05, 0) is 71.3 Å². The van der Waals surface area contributed by atoms with Crippen molar-refractivity contribution in [1.82, 2.24) is 5.43 Å². The highest BCUT2D eigenvalue weighted by Crippen LogP contribution is 2.22. The van der Waals surface area contributed by atoms with E-state index in [1.165, 1.54) is 9.13 Å². The Morgan fingerprint density at radius 2 is 1.95 bits per heavy atom. The SMILES string of the molecule is CCOc1cccc(C(Cc2ccc(I)cc2)NN)c1. The zero-order chi connectivity index (χ0) is 14.4. The summed E-state index contributed by atoms with van der Waals surface area (Å²) in [5, 5.41) is 0. The van der Waals surface area contributed by atoms with E-state index in [9.17, 15) is 0 Å². The standard InChI is InChI=1S/C16H19IN2O/c1-2-20-15-5-3-4-13(11-15)16(19-18)10-12-6-8-14(17)9-7-12/h3-9,11,16,19H,2,10,18H2,1H3. The van der Waals surface area contributed by atoms with Crippen LogP contribution in [0.25, 0.3) is 0 Å².